The molecule has 1 unspecified atom stereocenters. The Balaban J connectivity index is 1.20. The van der Waals surface area contributed by atoms with Crippen LogP contribution in [-0.4, -0.2) is 37.4 Å². The van der Waals surface area contributed by atoms with Crippen molar-refractivity contribution in [1.82, 2.24) is 25.0 Å². The van der Waals surface area contributed by atoms with Gasteiger partial charge in [0, 0.05) is 52.9 Å². The summed E-state index contributed by atoms with van der Waals surface area (Å²) < 4.78 is 7.81. The minimum atomic E-state index is -0.287. The Labute approximate surface area is 220 Å². The van der Waals surface area contributed by atoms with Crippen molar-refractivity contribution < 1.29 is 9.21 Å². The number of H-pyrrole nitrogens is 1. The summed E-state index contributed by atoms with van der Waals surface area (Å²) in [6.07, 6.45) is 13.4. The molecule has 1 atom stereocenters. The highest BCUT2D eigenvalue weighted by molar-refractivity contribution is 5.93. The number of benzene rings is 1. The number of amides is 1. The Bertz CT molecular complexity index is 1610. The third-order valence-corrected chi connectivity index (χ3v) is 7.66. The van der Waals surface area contributed by atoms with Gasteiger partial charge >= 0.3 is 6.01 Å². The van der Waals surface area contributed by atoms with Crippen LogP contribution in [0.5, 0.6) is 0 Å². The minimum Gasteiger partial charge on any atom is -0.403 e. The second-order valence-corrected chi connectivity index (χ2v) is 10.6. The van der Waals surface area contributed by atoms with Gasteiger partial charge in [0.1, 0.15) is 5.49 Å². The fourth-order valence-corrected chi connectivity index (χ4v) is 5.36. The molecule has 4 heterocycles. The lowest BCUT2D eigenvalue weighted by molar-refractivity contribution is -0.120. The molecule has 3 N–H and O–H groups in total. The van der Waals surface area contributed by atoms with Gasteiger partial charge in [0.15, 0.2) is 0 Å². The number of aryl methyl sites for hydroxylation is 2. The summed E-state index contributed by atoms with van der Waals surface area (Å²) in [4.78, 5) is 20.6. The molecule has 0 radical (unpaired) electrons. The molecule has 1 aliphatic carbocycles. The van der Waals surface area contributed by atoms with E-state index in [-0.39, 0.29) is 17.2 Å². The topological polar surface area (TPSA) is 126 Å². The highest BCUT2D eigenvalue weighted by atomic mass is 16.4. The highest BCUT2D eigenvalue weighted by Crippen LogP contribution is 2.29. The fourth-order valence-electron chi connectivity index (χ4n) is 5.36. The number of carbonyl (C=O) groups is 1. The quantitative estimate of drug-likeness (QED) is 0.361. The van der Waals surface area contributed by atoms with Gasteiger partial charge in [-0.2, -0.15) is 5.10 Å². The first-order valence-corrected chi connectivity index (χ1v) is 13.1. The lowest BCUT2D eigenvalue weighted by Crippen LogP contribution is -2.38. The average molecular weight is 513 g/mol. The van der Waals surface area contributed by atoms with Gasteiger partial charge in [0.25, 0.3) is 5.89 Å². The normalized spacial score (nSPS) is 19.3. The molecule has 4 aromatic rings. The maximum Gasteiger partial charge on any atom is 0.320 e. The van der Waals surface area contributed by atoms with Gasteiger partial charge in [-0.1, -0.05) is 37.4 Å². The molecule has 10 heteroatoms. The smallest absolute Gasteiger partial charge is 0.320 e. The van der Waals surface area contributed by atoms with E-state index in [4.69, 9.17) is 9.41 Å². The van der Waals surface area contributed by atoms with E-state index in [0.717, 1.165) is 64.5 Å². The molecule has 3 aromatic heterocycles. The number of nitrogens with zero attached hydrogens (tertiary/aromatic N) is 5. The van der Waals surface area contributed by atoms with Crippen LogP contribution in [0, 0.1) is 12.8 Å². The number of aromatic amines is 1. The fraction of sp³-hybridized carbons (Fsp3) is 0.393. The van der Waals surface area contributed by atoms with Gasteiger partial charge in [-0.15, -0.1) is 5.10 Å². The summed E-state index contributed by atoms with van der Waals surface area (Å²) >= 11 is 0. The van der Waals surface area contributed by atoms with Crippen LogP contribution < -0.4 is 21.3 Å². The lowest BCUT2D eigenvalue weighted by Gasteiger charge is -2.24. The molecule has 38 heavy (non-hydrogen) atoms. The third kappa shape index (κ3) is 4.62. The van der Waals surface area contributed by atoms with E-state index in [1.807, 2.05) is 50.8 Å². The highest BCUT2D eigenvalue weighted by Gasteiger charge is 2.29. The van der Waals surface area contributed by atoms with Crippen molar-refractivity contribution in [1.29, 1.82) is 0 Å². The number of fused-ring (bicyclic) bond motifs is 1. The maximum absolute atomic E-state index is 12.6. The third-order valence-electron chi connectivity index (χ3n) is 7.66. The van der Waals surface area contributed by atoms with Crippen molar-refractivity contribution in [2.45, 2.75) is 51.4 Å². The van der Waals surface area contributed by atoms with Gasteiger partial charge in [-0.25, -0.2) is 0 Å². The Morgan fingerprint density at radius 2 is 2.05 bits per heavy atom. The van der Waals surface area contributed by atoms with Crippen LogP contribution in [0.15, 0.2) is 46.2 Å². The van der Waals surface area contributed by atoms with Gasteiger partial charge in [0.05, 0.1) is 18.3 Å². The first-order chi connectivity index (χ1) is 18.4. The number of rotatable bonds is 6. The van der Waals surface area contributed by atoms with Crippen molar-refractivity contribution in [3.05, 3.63) is 58.6 Å². The van der Waals surface area contributed by atoms with Crippen molar-refractivity contribution in [2.24, 2.45) is 18.0 Å². The SMILES string of the molecule is Cc1cc(NC(=O)C2CCCCC2)ccc1Nc1nnc(-c2c[nH]c3c2=CC(C)(c2cnn(C)c2)CN=3)o1. The van der Waals surface area contributed by atoms with Crippen LogP contribution in [0.4, 0.5) is 17.4 Å². The number of hydrogen-bond donors (Lipinski definition) is 3. The molecule has 1 fully saturated rings. The molecule has 196 valence electrons. The largest absolute Gasteiger partial charge is 0.403 e. The van der Waals surface area contributed by atoms with Crippen molar-refractivity contribution in [3.8, 4) is 11.5 Å². The van der Waals surface area contributed by atoms with Gasteiger partial charge in [-0.3, -0.25) is 14.5 Å². The first-order valence-electron chi connectivity index (χ1n) is 13.1. The average Bonchev–Trinajstić information content (AvgIpc) is 3.66. The monoisotopic (exact) mass is 512 g/mol. The number of nitrogens with one attached hydrogen (secondary N) is 3. The Hall–Kier alpha value is -4.21. The molecule has 1 amide bonds. The van der Waals surface area contributed by atoms with E-state index in [0.29, 0.717) is 18.5 Å². The van der Waals surface area contributed by atoms with Crippen LogP contribution in [0.1, 0.15) is 50.2 Å². The zero-order valence-corrected chi connectivity index (χ0v) is 21.9. The molecule has 0 spiro atoms. The Kier molecular flexibility index (Phi) is 6.09. The lowest BCUT2D eigenvalue weighted by atomic mass is 9.82. The molecular weight excluding hydrogens is 480 g/mol. The number of anilines is 3. The Morgan fingerprint density at radius 3 is 2.82 bits per heavy atom. The van der Waals surface area contributed by atoms with Crippen molar-refractivity contribution >= 4 is 29.4 Å². The molecule has 1 aliphatic heterocycles. The number of hydrogen-bond acceptors (Lipinski definition) is 7. The van der Waals surface area contributed by atoms with Crippen LogP contribution in [0.2, 0.25) is 0 Å². The summed E-state index contributed by atoms with van der Waals surface area (Å²) in [7, 11) is 1.91. The second-order valence-electron chi connectivity index (χ2n) is 10.6. The van der Waals surface area contributed by atoms with E-state index in [1.165, 1.54) is 6.42 Å². The molecule has 0 bridgehead atoms. The van der Waals surface area contributed by atoms with Gasteiger partial charge < -0.3 is 20.0 Å². The molecule has 1 saturated carbocycles. The predicted octanol–water partition coefficient (Wildman–Crippen LogP) is 3.74. The van der Waals surface area contributed by atoms with Crippen molar-refractivity contribution in [3.63, 3.8) is 0 Å². The van der Waals surface area contributed by atoms with E-state index in [9.17, 15) is 4.79 Å². The number of carbonyl (C=O) groups excluding carboxylic acids is 1. The van der Waals surface area contributed by atoms with E-state index in [1.54, 1.807) is 4.68 Å². The van der Waals surface area contributed by atoms with E-state index >= 15 is 0 Å². The zero-order chi connectivity index (χ0) is 26.3. The second kappa shape index (κ2) is 9.59. The molecular formula is C28H32N8O2. The number of aromatic nitrogens is 5. The maximum atomic E-state index is 12.6. The summed E-state index contributed by atoms with van der Waals surface area (Å²) in [5, 5.41) is 20.1. The standard InChI is InChI=1S/C28H32N8O2/c1-17-11-20(32-25(37)18-7-5-4-6-8-18)9-10-23(17)33-27-35-34-26(38-27)22-14-29-24-21(22)12-28(2,16-30-24)19-13-31-36(3)15-19/h9-15,18H,4-8,16H2,1-3H3,(H,29,30)(H,32,37)(H,33,35). The summed E-state index contributed by atoms with van der Waals surface area (Å²) in [6.45, 7) is 4.75. The van der Waals surface area contributed by atoms with Crippen LogP contribution in [0.25, 0.3) is 17.5 Å². The van der Waals surface area contributed by atoms with E-state index in [2.05, 4.69) is 43.9 Å². The van der Waals surface area contributed by atoms with Crippen LogP contribution in [0.3, 0.4) is 0 Å². The molecule has 10 nitrogen and oxygen atoms in total. The van der Waals surface area contributed by atoms with Crippen LogP contribution >= 0.6 is 0 Å². The summed E-state index contributed by atoms with van der Waals surface area (Å²) in [5.41, 5.74) is 5.01. The first kappa shape index (κ1) is 24.1. The van der Waals surface area contributed by atoms with Crippen molar-refractivity contribution in [2.75, 3.05) is 17.2 Å². The van der Waals surface area contributed by atoms with Gasteiger partial charge in [0.2, 0.25) is 5.91 Å². The molecule has 0 saturated heterocycles. The summed E-state index contributed by atoms with van der Waals surface area (Å²) in [6, 6.07) is 6.06. The minimum absolute atomic E-state index is 0.115. The van der Waals surface area contributed by atoms with E-state index < -0.39 is 0 Å². The van der Waals surface area contributed by atoms with Crippen LogP contribution in [-0.2, 0) is 17.3 Å². The van der Waals surface area contributed by atoms with Gasteiger partial charge in [-0.05, 0) is 43.5 Å². The molecule has 2 aliphatic rings. The molecule has 6 rings (SSSR count). The predicted molar refractivity (Wildman–Crippen MR) is 144 cm³/mol. The Morgan fingerprint density at radius 1 is 1.21 bits per heavy atom. The molecule has 1 aromatic carbocycles. The zero-order valence-electron chi connectivity index (χ0n) is 21.9. The summed E-state index contributed by atoms with van der Waals surface area (Å²) in [5.74, 6) is 0.635.